The SMILES string of the molecule is CC(C)C[C@@H](C(=O)N(C)C1(C(=O)N[C@@H](COc2cnc3ccc(F)cc3c2C(=O)N[C@@H](CC(=O)O)C(=O)NCCc2cc(C3CC3)no2)Cc2ccccc2)CCC1)N(C)C(=O)OC(C)(C)C. The van der Waals surface area contributed by atoms with Gasteiger partial charge in [-0.15, -0.1) is 0 Å². The van der Waals surface area contributed by atoms with Gasteiger partial charge in [0.25, 0.3) is 5.91 Å². The number of nitrogens with zero attached hydrogens (tertiary/aromatic N) is 4. The van der Waals surface area contributed by atoms with E-state index in [9.17, 15) is 38.3 Å². The summed E-state index contributed by atoms with van der Waals surface area (Å²) in [5.41, 5.74) is -0.350. The summed E-state index contributed by atoms with van der Waals surface area (Å²) in [6.07, 6.45) is 4.18. The molecule has 2 aromatic heterocycles. The molecule has 2 heterocycles. The number of hydrogen-bond acceptors (Lipinski definition) is 11. The second-order valence-electron chi connectivity index (χ2n) is 19.0. The third-order valence-electron chi connectivity index (χ3n) is 12.1. The second kappa shape index (κ2) is 21.4. The van der Waals surface area contributed by atoms with E-state index in [1.807, 2.05) is 50.2 Å². The van der Waals surface area contributed by atoms with Crippen molar-refractivity contribution in [2.45, 2.75) is 128 Å². The van der Waals surface area contributed by atoms with E-state index >= 15 is 0 Å². The Balaban J connectivity index is 1.23. The number of carbonyl (C=O) groups is 6. The molecule has 2 aromatic carbocycles. The molecule has 2 fully saturated rings. The van der Waals surface area contributed by atoms with Crippen LogP contribution in [-0.4, -0.2) is 117 Å². The van der Waals surface area contributed by atoms with Crippen molar-refractivity contribution < 1.29 is 52.3 Å². The zero-order chi connectivity index (χ0) is 48.6. The van der Waals surface area contributed by atoms with Gasteiger partial charge in [0.15, 0.2) is 5.75 Å². The molecule has 18 heteroatoms. The van der Waals surface area contributed by atoms with Crippen molar-refractivity contribution in [3.05, 3.63) is 89.2 Å². The summed E-state index contributed by atoms with van der Waals surface area (Å²) < 4.78 is 32.2. The predicted molar refractivity (Wildman–Crippen MR) is 245 cm³/mol. The molecule has 6 rings (SSSR count). The molecule has 360 valence electrons. The molecule has 3 atom stereocenters. The highest BCUT2D eigenvalue weighted by atomic mass is 19.1. The average Bonchev–Trinajstić information content (AvgIpc) is 3.99. The van der Waals surface area contributed by atoms with Crippen molar-refractivity contribution in [1.82, 2.24) is 35.9 Å². The minimum atomic E-state index is -1.54. The van der Waals surface area contributed by atoms with Crippen LogP contribution in [0.3, 0.4) is 0 Å². The highest BCUT2D eigenvalue weighted by Gasteiger charge is 2.51. The minimum absolute atomic E-state index is 0.0231. The predicted octanol–water partition coefficient (Wildman–Crippen LogP) is 5.94. The number of aromatic nitrogens is 2. The summed E-state index contributed by atoms with van der Waals surface area (Å²) >= 11 is 0. The van der Waals surface area contributed by atoms with Crippen LogP contribution >= 0.6 is 0 Å². The van der Waals surface area contributed by atoms with Gasteiger partial charge in [-0.1, -0.05) is 49.3 Å². The Morgan fingerprint density at radius 1 is 1.00 bits per heavy atom. The van der Waals surface area contributed by atoms with Gasteiger partial charge in [0.05, 0.1) is 35.4 Å². The van der Waals surface area contributed by atoms with Gasteiger partial charge in [-0.2, -0.15) is 0 Å². The third-order valence-corrected chi connectivity index (χ3v) is 12.1. The highest BCUT2D eigenvalue weighted by molar-refractivity contribution is 6.10. The number of carboxylic acid groups (broad SMARTS) is 1. The lowest BCUT2D eigenvalue weighted by Crippen LogP contribution is -2.67. The van der Waals surface area contributed by atoms with Gasteiger partial charge >= 0.3 is 12.1 Å². The van der Waals surface area contributed by atoms with Gasteiger partial charge in [0, 0.05) is 44.4 Å². The van der Waals surface area contributed by atoms with Crippen molar-refractivity contribution >= 4 is 46.6 Å². The molecule has 0 aliphatic heterocycles. The highest BCUT2D eigenvalue weighted by Crippen LogP contribution is 2.40. The molecule has 0 radical (unpaired) electrons. The number of benzene rings is 2. The van der Waals surface area contributed by atoms with Crippen molar-refractivity contribution in [3.63, 3.8) is 0 Å². The summed E-state index contributed by atoms with van der Waals surface area (Å²) in [6, 6.07) is 11.5. The largest absolute Gasteiger partial charge is 0.489 e. The van der Waals surface area contributed by atoms with Gasteiger partial charge in [-0.3, -0.25) is 33.9 Å². The van der Waals surface area contributed by atoms with Crippen LogP contribution in [0.5, 0.6) is 5.75 Å². The van der Waals surface area contributed by atoms with Gasteiger partial charge in [0.1, 0.15) is 41.4 Å². The number of aliphatic carboxylic acids is 1. The number of hydrogen-bond donors (Lipinski definition) is 4. The fourth-order valence-corrected chi connectivity index (χ4v) is 8.11. The first-order valence-electron chi connectivity index (χ1n) is 22.8. The Labute approximate surface area is 389 Å². The molecule has 0 bridgehead atoms. The van der Waals surface area contributed by atoms with Gasteiger partial charge in [-0.05, 0) is 95.4 Å². The van der Waals surface area contributed by atoms with Crippen LogP contribution in [0.15, 0.2) is 65.3 Å². The number of pyridine rings is 1. The minimum Gasteiger partial charge on any atom is -0.489 e. The van der Waals surface area contributed by atoms with Crippen molar-refractivity contribution in [3.8, 4) is 5.75 Å². The molecular formula is C49H62FN7O10. The molecule has 5 amide bonds. The third kappa shape index (κ3) is 12.9. The van der Waals surface area contributed by atoms with E-state index in [0.717, 1.165) is 30.2 Å². The smallest absolute Gasteiger partial charge is 0.410 e. The summed E-state index contributed by atoms with van der Waals surface area (Å²) in [5, 5.41) is 22.1. The van der Waals surface area contributed by atoms with Gasteiger partial charge in [0.2, 0.25) is 17.7 Å². The number of halogens is 1. The lowest BCUT2D eigenvalue weighted by Gasteiger charge is -2.49. The van der Waals surface area contributed by atoms with Crippen LogP contribution in [0.4, 0.5) is 9.18 Å². The number of likely N-dealkylation sites (N-methyl/N-ethyl adjacent to an activating group) is 2. The summed E-state index contributed by atoms with van der Waals surface area (Å²) in [4.78, 5) is 89.0. The standard InChI is InChI=1S/C49H62FN7O10/c1-29(2)22-39(56(6)47(64)66-48(3,4)5)45(62)57(7)49(19-11-20-49)46(63)53-33(23-30-12-9-8-10-13-30)28-65-40-27-52-36-17-16-32(50)24-35(36)42(40)44(61)54-38(26-41(58)59)43(60)51-21-18-34-25-37(55-67-34)31-14-15-31/h8-10,12-13,16-17,24-25,27,29,31,33,38-39H,11,14-15,18-23,26,28H2,1-7H3,(H,51,60)(H,53,63)(H,54,61)(H,58,59)/t33-,38+,39+/m1/s1. The van der Waals surface area contributed by atoms with E-state index in [4.69, 9.17) is 14.0 Å². The quantitative estimate of drug-likeness (QED) is 0.0763. The zero-order valence-electron chi connectivity index (χ0n) is 39.2. The van der Waals surface area contributed by atoms with E-state index in [1.165, 1.54) is 35.2 Å². The fourth-order valence-electron chi connectivity index (χ4n) is 8.11. The molecule has 17 nitrogen and oxygen atoms in total. The second-order valence-corrected chi connectivity index (χ2v) is 19.0. The summed E-state index contributed by atoms with van der Waals surface area (Å²) in [6.45, 7) is 8.94. The Morgan fingerprint density at radius 3 is 2.34 bits per heavy atom. The van der Waals surface area contributed by atoms with E-state index in [0.29, 0.717) is 37.4 Å². The van der Waals surface area contributed by atoms with E-state index in [-0.39, 0.29) is 54.1 Å². The first-order valence-corrected chi connectivity index (χ1v) is 22.8. The van der Waals surface area contributed by atoms with Gasteiger partial charge in [-0.25, -0.2) is 9.18 Å². The van der Waals surface area contributed by atoms with Crippen LogP contribution in [-0.2, 0) is 36.8 Å². The topological polar surface area (TPSA) is 223 Å². The molecule has 2 aliphatic rings. The average molecular weight is 928 g/mol. The lowest BCUT2D eigenvalue weighted by atomic mass is 9.74. The summed E-state index contributed by atoms with van der Waals surface area (Å²) in [7, 11) is 3.09. The fraction of sp³-hybridized carbons (Fsp3) is 0.510. The number of nitrogens with one attached hydrogen (secondary N) is 3. The molecule has 4 N–H and O–H groups in total. The maximum atomic E-state index is 14.9. The van der Waals surface area contributed by atoms with E-state index < -0.39 is 77.2 Å². The van der Waals surface area contributed by atoms with Gasteiger partial charge < -0.3 is 40.0 Å². The van der Waals surface area contributed by atoms with Crippen molar-refractivity contribution in [2.24, 2.45) is 5.92 Å². The molecule has 2 aliphatic carbocycles. The normalized spacial score (nSPS) is 15.7. The first-order chi connectivity index (χ1) is 31.7. The monoisotopic (exact) mass is 927 g/mol. The number of carboxylic acids is 1. The molecule has 0 spiro atoms. The van der Waals surface area contributed by atoms with Crippen LogP contribution in [0, 0.1) is 11.7 Å². The Bertz CT molecular complexity index is 2430. The number of rotatable bonds is 21. The summed E-state index contributed by atoms with van der Waals surface area (Å²) in [5.74, 6) is -3.76. The van der Waals surface area contributed by atoms with Crippen molar-refractivity contribution in [1.29, 1.82) is 0 Å². The lowest BCUT2D eigenvalue weighted by molar-refractivity contribution is -0.155. The number of ether oxygens (including phenoxy) is 2. The molecule has 0 saturated heterocycles. The van der Waals surface area contributed by atoms with E-state index in [1.54, 1.807) is 27.8 Å². The maximum absolute atomic E-state index is 14.9. The van der Waals surface area contributed by atoms with Crippen molar-refractivity contribution in [2.75, 3.05) is 27.2 Å². The zero-order valence-corrected chi connectivity index (χ0v) is 39.2. The maximum Gasteiger partial charge on any atom is 0.410 e. The molecule has 67 heavy (non-hydrogen) atoms. The molecule has 0 unspecified atom stereocenters. The first kappa shape index (κ1) is 49.8. The Morgan fingerprint density at radius 2 is 1.72 bits per heavy atom. The van der Waals surface area contributed by atoms with Crippen LogP contribution in [0.25, 0.3) is 10.9 Å². The Hall–Kier alpha value is -6.59. The van der Waals surface area contributed by atoms with Crippen LogP contribution in [0.1, 0.15) is 113 Å². The van der Waals surface area contributed by atoms with Crippen LogP contribution in [0.2, 0.25) is 0 Å². The number of fused-ring (bicyclic) bond motifs is 1. The molecule has 4 aromatic rings. The number of amides is 5. The van der Waals surface area contributed by atoms with Crippen LogP contribution < -0.4 is 20.7 Å². The number of carbonyl (C=O) groups excluding carboxylic acids is 5. The molecule has 2 saturated carbocycles. The Kier molecular flexibility index (Phi) is 15.9. The molecular weight excluding hydrogens is 866 g/mol. The van der Waals surface area contributed by atoms with E-state index in [2.05, 4.69) is 26.1 Å².